The fraction of sp³-hybridized carbons (Fsp3) is 0.722. The molecule has 7 heteroatoms. The van der Waals surface area contributed by atoms with Crippen molar-refractivity contribution < 1.29 is 28.3 Å². The summed E-state index contributed by atoms with van der Waals surface area (Å²) in [6, 6.07) is 0. The first-order valence-corrected chi connectivity index (χ1v) is 11.3. The number of hydrogen-bond donors (Lipinski definition) is 0. The largest absolute Gasteiger partial charge is 0.469 e. The third-order valence-corrected chi connectivity index (χ3v) is 9.83. The lowest BCUT2D eigenvalue weighted by Gasteiger charge is -2.41. The van der Waals surface area contributed by atoms with Crippen molar-refractivity contribution in [3.05, 3.63) is 12.2 Å². The maximum atomic E-state index is 12.5. The average Bonchev–Trinajstić information content (AvgIpc) is 2.63. The van der Waals surface area contributed by atoms with Crippen LogP contribution in [0.1, 0.15) is 33.6 Å². The molecule has 0 aromatic rings. The van der Waals surface area contributed by atoms with Crippen LogP contribution < -0.4 is 0 Å². The molecular formula is C18H30O6Si. The van der Waals surface area contributed by atoms with Gasteiger partial charge in [-0.05, 0) is 24.6 Å². The van der Waals surface area contributed by atoms with Gasteiger partial charge in [-0.2, -0.15) is 0 Å². The second-order valence-electron chi connectivity index (χ2n) is 7.95. The first-order chi connectivity index (χ1) is 11.4. The monoisotopic (exact) mass is 370 g/mol. The molecule has 0 spiro atoms. The van der Waals surface area contributed by atoms with E-state index in [-0.39, 0.29) is 22.8 Å². The molecule has 1 fully saturated rings. The van der Waals surface area contributed by atoms with Crippen LogP contribution in [0.2, 0.25) is 18.1 Å². The van der Waals surface area contributed by atoms with E-state index in [2.05, 4.69) is 40.4 Å². The molecule has 1 saturated carbocycles. The van der Waals surface area contributed by atoms with E-state index >= 15 is 0 Å². The molecule has 3 atom stereocenters. The molecule has 0 radical (unpaired) electrons. The van der Waals surface area contributed by atoms with Gasteiger partial charge in [0, 0.05) is 12.0 Å². The second-order valence-corrected chi connectivity index (χ2v) is 12.7. The molecule has 142 valence electrons. The van der Waals surface area contributed by atoms with Gasteiger partial charge in [-0.25, -0.2) is 0 Å². The quantitative estimate of drug-likeness (QED) is 0.328. The van der Waals surface area contributed by atoms with Gasteiger partial charge in [0.25, 0.3) is 0 Å². The highest BCUT2D eigenvalue weighted by molar-refractivity contribution is 6.74. The summed E-state index contributed by atoms with van der Waals surface area (Å²) in [6.45, 7) is 14.1. The minimum Gasteiger partial charge on any atom is -0.469 e. The summed E-state index contributed by atoms with van der Waals surface area (Å²) in [5.74, 6) is -3.52. The Labute approximate surface area is 151 Å². The maximum absolute atomic E-state index is 12.5. The number of esters is 2. The number of methoxy groups -OCH3 is 2. The Morgan fingerprint density at radius 2 is 1.64 bits per heavy atom. The second kappa shape index (κ2) is 7.82. The van der Waals surface area contributed by atoms with Gasteiger partial charge in [-0.1, -0.05) is 27.4 Å². The lowest BCUT2D eigenvalue weighted by molar-refractivity contribution is -0.160. The number of Topliss-reactive ketones (excluding diaryl/α,β-unsaturated/α-hetero) is 1. The average molecular weight is 371 g/mol. The van der Waals surface area contributed by atoms with Gasteiger partial charge in [0.15, 0.2) is 14.1 Å². The number of carbonyl (C=O) groups is 3. The zero-order valence-electron chi connectivity index (χ0n) is 16.3. The molecule has 25 heavy (non-hydrogen) atoms. The standard InChI is InChI=1S/C18H30O6Si/c1-11-12(19)9-10-13(24-25(7,8)18(2,3)4)15(17(21)23-6)14(11)16(20)22-5/h13-15H,1,9-10H2,2-8H3/t13-,14-,15-/m0/s1. The van der Waals surface area contributed by atoms with Crippen LogP contribution in [0.3, 0.4) is 0 Å². The molecule has 0 aliphatic heterocycles. The van der Waals surface area contributed by atoms with Crippen molar-refractivity contribution in [1.29, 1.82) is 0 Å². The highest BCUT2D eigenvalue weighted by Gasteiger charge is 2.50. The van der Waals surface area contributed by atoms with E-state index in [1.54, 1.807) is 0 Å². The van der Waals surface area contributed by atoms with Crippen LogP contribution in [0.5, 0.6) is 0 Å². The molecule has 0 bridgehead atoms. The smallest absolute Gasteiger partial charge is 0.314 e. The zero-order valence-corrected chi connectivity index (χ0v) is 17.3. The first kappa shape index (κ1) is 21.6. The molecule has 1 aliphatic carbocycles. The Bertz CT molecular complexity index is 560. The number of carbonyl (C=O) groups excluding carboxylic acids is 3. The molecule has 0 aromatic carbocycles. The van der Waals surface area contributed by atoms with Gasteiger partial charge in [-0.15, -0.1) is 0 Å². The van der Waals surface area contributed by atoms with Crippen LogP contribution in [-0.4, -0.2) is 46.4 Å². The Morgan fingerprint density at radius 3 is 2.08 bits per heavy atom. The summed E-state index contributed by atoms with van der Waals surface area (Å²) in [7, 11) is 0.250. The summed E-state index contributed by atoms with van der Waals surface area (Å²) in [6.07, 6.45) is -0.0721. The van der Waals surface area contributed by atoms with Gasteiger partial charge >= 0.3 is 11.9 Å². The lowest BCUT2D eigenvalue weighted by Crippen LogP contribution is -2.49. The van der Waals surface area contributed by atoms with Crippen molar-refractivity contribution in [3.63, 3.8) is 0 Å². The van der Waals surface area contributed by atoms with E-state index in [0.29, 0.717) is 6.42 Å². The number of ether oxygens (including phenoxy) is 2. The van der Waals surface area contributed by atoms with Crippen molar-refractivity contribution in [2.24, 2.45) is 11.8 Å². The first-order valence-electron chi connectivity index (χ1n) is 8.42. The van der Waals surface area contributed by atoms with Gasteiger partial charge in [0.05, 0.1) is 26.2 Å². The molecule has 6 nitrogen and oxygen atoms in total. The van der Waals surface area contributed by atoms with Gasteiger partial charge in [0.2, 0.25) is 0 Å². The van der Waals surface area contributed by atoms with Crippen LogP contribution in [0.15, 0.2) is 12.2 Å². The molecule has 0 N–H and O–H groups in total. The molecule has 0 amide bonds. The molecule has 1 rings (SSSR count). The predicted molar refractivity (Wildman–Crippen MR) is 96.5 cm³/mol. The number of hydrogen-bond acceptors (Lipinski definition) is 6. The van der Waals surface area contributed by atoms with Crippen molar-refractivity contribution in [2.75, 3.05) is 14.2 Å². The topological polar surface area (TPSA) is 78.9 Å². The summed E-state index contributed by atoms with van der Waals surface area (Å²) < 4.78 is 16.2. The van der Waals surface area contributed by atoms with E-state index in [0.717, 1.165) is 0 Å². The van der Waals surface area contributed by atoms with Crippen LogP contribution in [0.25, 0.3) is 0 Å². The fourth-order valence-electron chi connectivity index (χ4n) is 2.75. The summed E-state index contributed by atoms with van der Waals surface area (Å²) >= 11 is 0. The molecular weight excluding hydrogens is 340 g/mol. The SMILES string of the molecule is C=C1C(=O)CC[C@H](O[Si](C)(C)C(C)(C)C)[C@H](C(=O)OC)[C@H]1C(=O)OC. The van der Waals surface area contributed by atoms with E-state index in [1.165, 1.54) is 14.2 Å². The van der Waals surface area contributed by atoms with E-state index in [4.69, 9.17) is 13.9 Å². The van der Waals surface area contributed by atoms with Gasteiger partial charge < -0.3 is 13.9 Å². The summed E-state index contributed by atoms with van der Waals surface area (Å²) in [5, 5.41) is -0.0816. The molecule has 0 heterocycles. The van der Waals surface area contributed by atoms with E-state index in [9.17, 15) is 14.4 Å². The molecule has 0 unspecified atom stereocenters. The summed E-state index contributed by atoms with van der Waals surface area (Å²) in [5.41, 5.74) is 0.0866. The Hall–Kier alpha value is -1.47. The van der Waals surface area contributed by atoms with E-state index in [1.807, 2.05) is 0 Å². The van der Waals surface area contributed by atoms with Crippen molar-refractivity contribution >= 4 is 26.0 Å². The predicted octanol–water partition coefficient (Wildman–Crippen LogP) is 2.87. The third-order valence-electron chi connectivity index (χ3n) is 5.33. The molecule has 1 aliphatic rings. The minimum atomic E-state index is -2.23. The Balaban J connectivity index is 3.37. The van der Waals surface area contributed by atoms with Crippen LogP contribution >= 0.6 is 0 Å². The van der Waals surface area contributed by atoms with Crippen LogP contribution in [0.4, 0.5) is 0 Å². The van der Waals surface area contributed by atoms with Crippen molar-refractivity contribution in [2.45, 2.75) is 57.8 Å². The highest BCUT2D eigenvalue weighted by atomic mass is 28.4. The number of rotatable bonds is 4. The highest BCUT2D eigenvalue weighted by Crippen LogP contribution is 2.41. The van der Waals surface area contributed by atoms with Crippen molar-refractivity contribution in [1.82, 2.24) is 0 Å². The van der Waals surface area contributed by atoms with Gasteiger partial charge in [0.1, 0.15) is 5.92 Å². The maximum Gasteiger partial charge on any atom is 0.314 e. The van der Waals surface area contributed by atoms with Gasteiger partial charge in [-0.3, -0.25) is 14.4 Å². The normalized spacial score (nSPS) is 25.3. The molecule has 0 aromatic heterocycles. The third kappa shape index (κ3) is 4.58. The minimum absolute atomic E-state index is 0.0816. The van der Waals surface area contributed by atoms with Crippen LogP contribution in [0, 0.1) is 11.8 Å². The zero-order chi connectivity index (χ0) is 19.6. The summed E-state index contributed by atoms with van der Waals surface area (Å²) in [4.78, 5) is 37.1. The Morgan fingerprint density at radius 1 is 1.12 bits per heavy atom. The number of ketones is 1. The lowest BCUT2D eigenvalue weighted by atomic mass is 9.83. The van der Waals surface area contributed by atoms with E-state index < -0.39 is 38.2 Å². The Kier molecular flexibility index (Phi) is 6.75. The van der Waals surface area contributed by atoms with Crippen molar-refractivity contribution in [3.8, 4) is 0 Å². The van der Waals surface area contributed by atoms with Crippen LogP contribution in [-0.2, 0) is 28.3 Å². The molecule has 0 saturated heterocycles. The fourth-order valence-corrected chi connectivity index (χ4v) is 4.12.